The van der Waals surface area contributed by atoms with Crippen LogP contribution in [0.1, 0.15) is 61.0 Å². The van der Waals surface area contributed by atoms with E-state index in [0.717, 1.165) is 38.4 Å². The molecule has 2 aromatic rings. The van der Waals surface area contributed by atoms with E-state index >= 15 is 0 Å². The van der Waals surface area contributed by atoms with E-state index in [1.165, 1.54) is 11.6 Å². The molecule has 2 unspecified atom stereocenters. The minimum absolute atomic E-state index is 0.0307. The lowest BCUT2D eigenvalue weighted by atomic mass is 9.83. The van der Waals surface area contributed by atoms with Crippen LogP contribution in [0.25, 0.3) is 0 Å². The summed E-state index contributed by atoms with van der Waals surface area (Å²) in [6.45, 7) is 10.4. The zero-order valence-electron chi connectivity index (χ0n) is 20.0. The summed E-state index contributed by atoms with van der Waals surface area (Å²) in [7, 11) is 0. The molecule has 4 rings (SSSR count). The van der Waals surface area contributed by atoms with Crippen LogP contribution in [-0.2, 0) is 20.9 Å². The maximum atomic E-state index is 12.8. The number of aromatic hydroxyl groups is 2. The molecule has 0 spiro atoms. The summed E-state index contributed by atoms with van der Waals surface area (Å²) >= 11 is 0. The molecule has 2 heterocycles. The molecule has 0 bridgehead atoms. The van der Waals surface area contributed by atoms with Gasteiger partial charge in [0.05, 0.1) is 19.1 Å². The first-order valence-corrected chi connectivity index (χ1v) is 11.9. The fraction of sp³-hybridized carbons (Fsp3) is 0.462. The number of benzene rings is 2. The Morgan fingerprint density at radius 3 is 2.50 bits per heavy atom. The van der Waals surface area contributed by atoms with Gasteiger partial charge >= 0.3 is 0 Å². The highest BCUT2D eigenvalue weighted by Gasteiger charge is 2.41. The summed E-state index contributed by atoms with van der Waals surface area (Å²) in [5, 5.41) is 27.9. The number of hydrogen-bond donors (Lipinski definition) is 3. The second kappa shape index (κ2) is 10.4. The van der Waals surface area contributed by atoms with Crippen molar-refractivity contribution < 1.29 is 24.6 Å². The number of nitrogens with one attached hydrogen (secondary N) is 1. The van der Waals surface area contributed by atoms with Gasteiger partial charge in [0.25, 0.3) is 5.91 Å². The smallest absolute Gasteiger partial charge is 0.269 e. The Bertz CT molecular complexity index is 1050. The number of hydrogen-bond acceptors (Lipinski definition) is 7. The average molecular weight is 468 g/mol. The lowest BCUT2D eigenvalue weighted by molar-refractivity contribution is -0.114. The topological polar surface area (TPSA) is 104 Å². The second-order valence-corrected chi connectivity index (χ2v) is 9.09. The molecule has 2 aliphatic rings. The summed E-state index contributed by atoms with van der Waals surface area (Å²) in [5.41, 5.74) is 3.50. The first-order valence-electron chi connectivity index (χ1n) is 11.9. The van der Waals surface area contributed by atoms with E-state index in [0.29, 0.717) is 17.7 Å². The van der Waals surface area contributed by atoms with Crippen molar-refractivity contribution in [1.82, 2.24) is 10.2 Å². The number of phenols is 2. The lowest BCUT2D eigenvalue weighted by Gasteiger charge is -2.27. The molecule has 8 nitrogen and oxygen atoms in total. The highest BCUT2D eigenvalue weighted by Crippen LogP contribution is 2.45. The van der Waals surface area contributed by atoms with Crippen LogP contribution in [0.3, 0.4) is 0 Å². The number of amides is 1. The molecule has 2 atom stereocenters. The van der Waals surface area contributed by atoms with Crippen molar-refractivity contribution in [3.8, 4) is 11.5 Å². The number of oxime groups is 1. The van der Waals surface area contributed by atoms with Crippen LogP contribution in [0.4, 0.5) is 0 Å². The molecule has 3 N–H and O–H groups in total. The summed E-state index contributed by atoms with van der Waals surface area (Å²) in [5.74, 6) is -0.812. The molecule has 8 heteroatoms. The van der Waals surface area contributed by atoms with E-state index in [1.807, 2.05) is 32.9 Å². The number of phenolic OH excluding ortho intramolecular Hbond substituents is 2. The Morgan fingerprint density at radius 1 is 1.15 bits per heavy atom. The third-order valence-electron chi connectivity index (χ3n) is 6.39. The molecular weight excluding hydrogens is 434 g/mol. The molecule has 2 aliphatic heterocycles. The van der Waals surface area contributed by atoms with Crippen LogP contribution < -0.4 is 5.32 Å². The molecule has 1 saturated heterocycles. The van der Waals surface area contributed by atoms with Crippen molar-refractivity contribution in [1.29, 1.82) is 0 Å². The molecule has 0 radical (unpaired) electrons. The predicted molar refractivity (Wildman–Crippen MR) is 129 cm³/mol. The average Bonchev–Trinajstić information content (AvgIpc) is 3.25. The summed E-state index contributed by atoms with van der Waals surface area (Å²) < 4.78 is 5.43. The standard InChI is InChI=1S/C26H33N3O5/c1-4-27-26(32)24-23(18-7-5-17(6-8-18)15-29-9-11-33-12-10-29)25(34-28-24)20-13-19(16(2)3)21(30)14-22(20)31/h5-8,13-14,16,23,25,30-31H,4,9-12,15H2,1-3H3,(H,27,32). The largest absolute Gasteiger partial charge is 0.508 e. The molecule has 1 amide bonds. The summed E-state index contributed by atoms with van der Waals surface area (Å²) in [4.78, 5) is 20.9. The number of carbonyl (C=O) groups excluding carboxylic acids is 1. The van der Waals surface area contributed by atoms with Gasteiger partial charge in [-0.3, -0.25) is 9.69 Å². The summed E-state index contributed by atoms with van der Waals surface area (Å²) in [6, 6.07) is 11.2. The first kappa shape index (κ1) is 24.0. The van der Waals surface area contributed by atoms with Gasteiger partial charge < -0.3 is 25.1 Å². The van der Waals surface area contributed by atoms with E-state index in [4.69, 9.17) is 9.57 Å². The van der Waals surface area contributed by atoms with E-state index in [-0.39, 0.29) is 29.0 Å². The van der Waals surface area contributed by atoms with Crippen LogP contribution in [0.2, 0.25) is 0 Å². The van der Waals surface area contributed by atoms with Crippen molar-refractivity contribution in [3.63, 3.8) is 0 Å². The molecule has 0 aliphatic carbocycles. The van der Waals surface area contributed by atoms with Crippen molar-refractivity contribution in [2.24, 2.45) is 5.16 Å². The first-order chi connectivity index (χ1) is 16.4. The highest BCUT2D eigenvalue weighted by atomic mass is 16.6. The zero-order chi connectivity index (χ0) is 24.2. The van der Waals surface area contributed by atoms with Crippen LogP contribution in [0, 0.1) is 0 Å². The number of rotatable bonds is 7. The van der Waals surface area contributed by atoms with Gasteiger partial charge in [0, 0.05) is 37.8 Å². The van der Waals surface area contributed by atoms with Crippen molar-refractivity contribution in [2.75, 3.05) is 32.8 Å². The van der Waals surface area contributed by atoms with Crippen LogP contribution in [0.15, 0.2) is 41.6 Å². The monoisotopic (exact) mass is 467 g/mol. The van der Waals surface area contributed by atoms with Crippen LogP contribution in [-0.4, -0.2) is 59.6 Å². The SMILES string of the molecule is CCNC(=O)C1=NOC(c2cc(C(C)C)c(O)cc2O)C1c1ccc(CN2CCOCC2)cc1. The molecule has 1 fully saturated rings. The van der Waals surface area contributed by atoms with Crippen molar-refractivity contribution >= 4 is 11.6 Å². The van der Waals surface area contributed by atoms with E-state index < -0.39 is 12.0 Å². The minimum atomic E-state index is -0.694. The number of morpholine rings is 1. The Balaban J connectivity index is 1.66. The highest BCUT2D eigenvalue weighted by molar-refractivity contribution is 6.41. The zero-order valence-corrected chi connectivity index (χ0v) is 20.0. The fourth-order valence-electron chi connectivity index (χ4n) is 4.53. The van der Waals surface area contributed by atoms with Crippen LogP contribution >= 0.6 is 0 Å². The third kappa shape index (κ3) is 5.03. The number of nitrogens with zero attached hydrogens (tertiary/aromatic N) is 2. The van der Waals surface area contributed by atoms with Gasteiger partial charge in [0.2, 0.25) is 0 Å². The fourth-order valence-corrected chi connectivity index (χ4v) is 4.53. The van der Waals surface area contributed by atoms with Gasteiger partial charge in [-0.05, 0) is 35.6 Å². The second-order valence-electron chi connectivity index (χ2n) is 9.09. The molecule has 0 saturated carbocycles. The van der Waals surface area contributed by atoms with E-state index in [9.17, 15) is 15.0 Å². The van der Waals surface area contributed by atoms with Gasteiger partial charge in [-0.15, -0.1) is 0 Å². The maximum Gasteiger partial charge on any atom is 0.269 e. The Morgan fingerprint density at radius 2 is 1.85 bits per heavy atom. The Kier molecular flexibility index (Phi) is 7.38. The minimum Gasteiger partial charge on any atom is -0.508 e. The number of carbonyl (C=O) groups is 1. The molecule has 34 heavy (non-hydrogen) atoms. The maximum absolute atomic E-state index is 12.8. The predicted octanol–water partition coefficient (Wildman–Crippen LogP) is 3.40. The number of ether oxygens (including phenoxy) is 1. The van der Waals surface area contributed by atoms with E-state index in [2.05, 4.69) is 27.5 Å². The van der Waals surface area contributed by atoms with E-state index in [1.54, 1.807) is 6.07 Å². The van der Waals surface area contributed by atoms with Gasteiger partial charge in [0.1, 0.15) is 11.5 Å². The third-order valence-corrected chi connectivity index (χ3v) is 6.39. The quantitative estimate of drug-likeness (QED) is 0.577. The van der Waals surface area contributed by atoms with Crippen molar-refractivity contribution in [2.45, 2.75) is 45.3 Å². The van der Waals surface area contributed by atoms with Crippen LogP contribution in [0.5, 0.6) is 11.5 Å². The van der Waals surface area contributed by atoms with Gasteiger partial charge in [-0.1, -0.05) is 43.3 Å². The Hall–Kier alpha value is -3.10. The molecule has 2 aromatic carbocycles. The Labute approximate surface area is 200 Å². The molecular formula is C26H33N3O5. The summed E-state index contributed by atoms with van der Waals surface area (Å²) in [6.07, 6.45) is -0.694. The normalized spacial score (nSPS) is 20.8. The van der Waals surface area contributed by atoms with Gasteiger partial charge in [-0.2, -0.15) is 0 Å². The van der Waals surface area contributed by atoms with Crippen molar-refractivity contribution in [3.05, 3.63) is 58.7 Å². The lowest BCUT2D eigenvalue weighted by Crippen LogP contribution is -2.35. The van der Waals surface area contributed by atoms with Gasteiger partial charge in [-0.25, -0.2) is 0 Å². The molecule has 182 valence electrons. The molecule has 0 aromatic heterocycles. The van der Waals surface area contributed by atoms with Gasteiger partial charge in [0.15, 0.2) is 11.8 Å².